The third-order valence-electron chi connectivity index (χ3n) is 12.3. The Bertz CT molecular complexity index is 2460. The molecule has 0 unspecified atom stereocenters. The van der Waals surface area contributed by atoms with Gasteiger partial charge in [-0.05, 0) is 76.6 Å². The van der Waals surface area contributed by atoms with E-state index in [4.69, 9.17) is 10.2 Å². The number of piperazine rings is 2. The van der Waals surface area contributed by atoms with Gasteiger partial charge in [0.25, 0.3) is 0 Å². The normalized spacial score (nSPS) is 16.1. The first-order chi connectivity index (χ1) is 32.2. The number of hydrogen-bond donors (Lipinski definition) is 6. The van der Waals surface area contributed by atoms with Crippen LogP contribution in [0.25, 0.3) is 21.8 Å². The van der Waals surface area contributed by atoms with Crippen LogP contribution in [0.2, 0.25) is 0 Å². The average Bonchev–Trinajstić information content (AvgIpc) is 4.25. The maximum absolute atomic E-state index is 14.8. The van der Waals surface area contributed by atoms with Gasteiger partial charge in [0.2, 0.25) is 10.9 Å². The Morgan fingerprint density at radius 3 is 1.15 bits per heavy atom. The van der Waals surface area contributed by atoms with Crippen molar-refractivity contribution in [2.45, 2.75) is 77.3 Å². The molecule has 0 bridgehead atoms. The molecular formula is C46H56F2N6O14. The molecule has 4 fully saturated rings. The smallest absolute Gasteiger partial charge is 0.341 e. The second-order valence-electron chi connectivity index (χ2n) is 17.0. The lowest BCUT2D eigenvalue weighted by atomic mass is 10.1. The monoisotopic (exact) mass is 954 g/mol. The van der Waals surface area contributed by atoms with Crippen LogP contribution >= 0.6 is 0 Å². The molecule has 8 rings (SSSR count). The fraction of sp³-hybridized carbons (Fsp3) is 0.478. The summed E-state index contributed by atoms with van der Waals surface area (Å²) in [5, 5.41) is 53.7. The van der Waals surface area contributed by atoms with Crippen LogP contribution in [0.3, 0.4) is 0 Å². The molecule has 2 saturated heterocycles. The third-order valence-corrected chi connectivity index (χ3v) is 12.3. The number of carbonyl (C=O) groups excluding carboxylic acids is 2. The molecule has 2 aromatic carbocycles. The van der Waals surface area contributed by atoms with Crippen molar-refractivity contribution >= 4 is 69.0 Å². The van der Waals surface area contributed by atoms with Crippen LogP contribution in [0.15, 0.2) is 46.2 Å². The zero-order valence-corrected chi connectivity index (χ0v) is 37.8. The molecule has 6 N–H and O–H groups in total. The highest BCUT2D eigenvalue weighted by Gasteiger charge is 2.31. The summed E-state index contributed by atoms with van der Waals surface area (Å²) in [5.41, 5.74) is 0.445. The van der Waals surface area contributed by atoms with E-state index in [2.05, 4.69) is 13.8 Å². The summed E-state index contributed by atoms with van der Waals surface area (Å²) in [5.74, 6) is -8.34. The number of hydrogen-bond acceptors (Lipinski definition) is 12. The first-order valence-corrected chi connectivity index (χ1v) is 22.5. The summed E-state index contributed by atoms with van der Waals surface area (Å²) in [6.07, 6.45) is 5.10. The van der Waals surface area contributed by atoms with Gasteiger partial charge in [-0.25, -0.2) is 18.4 Å². The molecule has 368 valence electrons. The van der Waals surface area contributed by atoms with Crippen LogP contribution in [-0.4, -0.2) is 131 Å². The predicted octanol–water partition coefficient (Wildman–Crippen LogP) is -1.00. The fourth-order valence-corrected chi connectivity index (χ4v) is 8.07. The Balaban J connectivity index is 0.000000194. The number of carboxylic acids is 6. The maximum Gasteiger partial charge on any atom is 0.341 e. The number of likely N-dealkylation sites (N-methyl/N-ethyl adjacent to an activating group) is 2. The molecule has 2 aromatic heterocycles. The molecule has 22 heteroatoms. The standard InChI is InChI=1S/2C19H22FN3O3.2C4H6O4/c2*1-2-21-5-7-22(8-6-21)17-10-16-13(9-15(17)20)18(24)14(19(25)26)11-23(16)12-3-4-12;2*5-3(6)1-2-4(7)8/h2*9-12H,2-8H2,1H3,(H,25,26);2*1-2H2,(H,5,6)(H,7,8). The SMILES string of the molecule is CC[NH+]1CCN(c2cc3c(cc2F)c(=O)c(C(=O)O)cn3C2CC2)CC1.CC[NH+]1CCN(c2cc3c(cc2F)c(=O)c(C(=O)O)cn3C2CC2)CC1.O=C(O)CCC(=O)O.O=C([O-])CCC(=O)[O-]. The summed E-state index contributed by atoms with van der Waals surface area (Å²) >= 11 is 0. The largest absolute Gasteiger partial charge is 0.550 e. The molecule has 20 nitrogen and oxygen atoms in total. The molecular weight excluding hydrogens is 899 g/mol. The number of carbonyl (C=O) groups is 6. The summed E-state index contributed by atoms with van der Waals surface area (Å²) in [4.78, 5) is 93.2. The van der Waals surface area contributed by atoms with Crippen LogP contribution in [0.4, 0.5) is 20.2 Å². The van der Waals surface area contributed by atoms with Crippen LogP contribution in [-0.2, 0) is 19.2 Å². The molecule has 4 aromatic rings. The lowest BCUT2D eigenvalue weighted by Gasteiger charge is -2.33. The van der Waals surface area contributed by atoms with E-state index in [1.54, 1.807) is 12.1 Å². The first kappa shape index (κ1) is 52.0. The van der Waals surface area contributed by atoms with Crippen molar-refractivity contribution in [3.05, 3.63) is 79.9 Å². The number of pyridine rings is 2. The van der Waals surface area contributed by atoms with E-state index in [-0.39, 0.29) is 46.8 Å². The van der Waals surface area contributed by atoms with Gasteiger partial charge in [0.15, 0.2) is 0 Å². The lowest BCUT2D eigenvalue weighted by Crippen LogP contribution is -3.14. The van der Waals surface area contributed by atoms with E-state index in [1.165, 1.54) is 34.3 Å². The number of nitrogens with one attached hydrogen (secondary N) is 2. The fourth-order valence-electron chi connectivity index (χ4n) is 8.07. The van der Waals surface area contributed by atoms with Crippen molar-refractivity contribution in [3.63, 3.8) is 0 Å². The molecule has 0 amide bonds. The van der Waals surface area contributed by atoms with Crippen molar-refractivity contribution in [1.29, 1.82) is 0 Å². The number of nitrogens with zero attached hydrogens (tertiary/aromatic N) is 4. The highest BCUT2D eigenvalue weighted by Crippen LogP contribution is 2.39. The second kappa shape index (κ2) is 23.2. The van der Waals surface area contributed by atoms with Crippen molar-refractivity contribution in [2.24, 2.45) is 0 Å². The zero-order chi connectivity index (χ0) is 50.0. The average molecular weight is 955 g/mol. The predicted molar refractivity (Wildman–Crippen MR) is 237 cm³/mol. The molecule has 0 atom stereocenters. The zero-order valence-electron chi connectivity index (χ0n) is 37.8. The van der Waals surface area contributed by atoms with Crippen molar-refractivity contribution in [3.8, 4) is 0 Å². The Labute approximate surface area is 387 Å². The van der Waals surface area contributed by atoms with Gasteiger partial charge in [-0.3, -0.25) is 19.2 Å². The highest BCUT2D eigenvalue weighted by molar-refractivity contribution is 5.94. The summed E-state index contributed by atoms with van der Waals surface area (Å²) in [7, 11) is 0. The van der Waals surface area contributed by atoms with Crippen molar-refractivity contribution in [2.75, 3.05) is 75.2 Å². The number of fused-ring (bicyclic) bond motifs is 2. The van der Waals surface area contributed by atoms with E-state index in [1.807, 2.05) is 18.9 Å². The van der Waals surface area contributed by atoms with Gasteiger partial charge < -0.3 is 69.0 Å². The van der Waals surface area contributed by atoms with Crippen molar-refractivity contribution < 1.29 is 78.0 Å². The topological polar surface area (TPSA) is 289 Å². The number of benzene rings is 2. The van der Waals surface area contributed by atoms with Gasteiger partial charge >= 0.3 is 23.9 Å². The van der Waals surface area contributed by atoms with Gasteiger partial charge in [-0.1, -0.05) is 0 Å². The minimum absolute atomic E-state index is 0.149. The van der Waals surface area contributed by atoms with Crippen LogP contribution in [0.1, 0.15) is 98.0 Å². The van der Waals surface area contributed by atoms with E-state index in [0.717, 1.165) is 91.1 Å². The summed E-state index contributed by atoms with van der Waals surface area (Å²) in [6, 6.07) is 6.28. The number of quaternary nitrogens is 2. The van der Waals surface area contributed by atoms with E-state index >= 15 is 0 Å². The Hall–Kier alpha value is -6.94. The molecule has 4 heterocycles. The Morgan fingerprint density at radius 1 is 0.574 bits per heavy atom. The van der Waals surface area contributed by atoms with Crippen LogP contribution in [0, 0.1) is 11.6 Å². The van der Waals surface area contributed by atoms with Gasteiger partial charge in [-0.2, -0.15) is 0 Å². The van der Waals surface area contributed by atoms with Crippen molar-refractivity contribution in [1.82, 2.24) is 9.13 Å². The van der Waals surface area contributed by atoms with Gasteiger partial charge in [0.1, 0.15) is 22.8 Å². The summed E-state index contributed by atoms with van der Waals surface area (Å²) < 4.78 is 33.3. The molecule has 0 spiro atoms. The van der Waals surface area contributed by atoms with Gasteiger partial charge in [-0.15, -0.1) is 0 Å². The molecule has 2 aliphatic heterocycles. The number of anilines is 2. The lowest BCUT2D eigenvalue weighted by molar-refractivity contribution is -0.898. The second-order valence-corrected chi connectivity index (χ2v) is 17.0. The number of aromatic nitrogens is 2. The number of aliphatic carboxylic acids is 4. The van der Waals surface area contributed by atoms with E-state index in [0.29, 0.717) is 22.4 Å². The first-order valence-electron chi connectivity index (χ1n) is 22.5. The maximum atomic E-state index is 14.8. The highest BCUT2D eigenvalue weighted by atomic mass is 19.1. The third kappa shape index (κ3) is 13.6. The minimum Gasteiger partial charge on any atom is -0.550 e. The Morgan fingerprint density at radius 2 is 0.897 bits per heavy atom. The molecule has 2 aliphatic carbocycles. The minimum atomic E-state index is -1.37. The number of aromatic carboxylic acids is 2. The number of carboxylic acid groups (broad SMARTS) is 6. The molecule has 2 saturated carbocycles. The number of rotatable bonds is 14. The van der Waals surface area contributed by atoms with Crippen LogP contribution < -0.4 is 40.7 Å². The quantitative estimate of drug-likeness (QED) is 0.0884. The van der Waals surface area contributed by atoms with Crippen LogP contribution in [0.5, 0.6) is 0 Å². The molecule has 0 radical (unpaired) electrons. The van der Waals surface area contributed by atoms with Gasteiger partial charge in [0.05, 0.1) is 101 Å². The van der Waals surface area contributed by atoms with Gasteiger partial charge in [0, 0.05) is 47.2 Å². The number of halogens is 2. The van der Waals surface area contributed by atoms with E-state index in [9.17, 15) is 67.6 Å². The van der Waals surface area contributed by atoms with E-state index < -0.39 is 71.1 Å². The summed E-state index contributed by atoms with van der Waals surface area (Å²) in [6.45, 7) is 13.3. The molecule has 68 heavy (non-hydrogen) atoms. The molecule has 4 aliphatic rings. The Kier molecular flexibility index (Phi) is 17.7.